The van der Waals surface area contributed by atoms with Gasteiger partial charge in [-0.2, -0.15) is 4.98 Å². The van der Waals surface area contributed by atoms with Crippen molar-refractivity contribution in [1.82, 2.24) is 30.7 Å². The monoisotopic (exact) mass is 330 g/mol. The average molecular weight is 330 g/mol. The van der Waals surface area contributed by atoms with E-state index in [-0.39, 0.29) is 19.0 Å². The summed E-state index contributed by atoms with van der Waals surface area (Å²) in [5.74, 6) is -0.245. The highest BCUT2D eigenvalue weighted by molar-refractivity contribution is 6.03. The molecule has 24 heavy (non-hydrogen) atoms. The third-order valence-electron chi connectivity index (χ3n) is 3.33. The predicted octanol–water partition coefficient (Wildman–Crippen LogP) is -0.139. The summed E-state index contributed by atoms with van der Waals surface area (Å²) in [6, 6.07) is 2.35. The summed E-state index contributed by atoms with van der Waals surface area (Å²) >= 11 is 0. The molecule has 1 aliphatic heterocycles. The van der Waals surface area contributed by atoms with Crippen LogP contribution in [0.5, 0.6) is 0 Å². The molecule has 0 radical (unpaired) electrons. The van der Waals surface area contributed by atoms with Crippen LogP contribution in [0.25, 0.3) is 11.4 Å². The van der Waals surface area contributed by atoms with Gasteiger partial charge in [0.2, 0.25) is 23.5 Å². The highest BCUT2D eigenvalue weighted by Gasteiger charge is 2.29. The topological polar surface area (TPSA) is 130 Å². The van der Waals surface area contributed by atoms with Gasteiger partial charge in [0.25, 0.3) is 0 Å². The molecule has 124 valence electrons. The van der Waals surface area contributed by atoms with Crippen molar-refractivity contribution in [2.45, 2.75) is 13.0 Å². The molecule has 2 aromatic rings. The Morgan fingerprint density at radius 1 is 1.42 bits per heavy atom. The summed E-state index contributed by atoms with van der Waals surface area (Å²) in [6.45, 7) is 1.32. The Morgan fingerprint density at radius 3 is 2.83 bits per heavy atom. The molecule has 10 heteroatoms. The summed E-state index contributed by atoms with van der Waals surface area (Å²) in [4.78, 5) is 43.7. The lowest BCUT2D eigenvalue weighted by Gasteiger charge is -2.14. The van der Waals surface area contributed by atoms with Crippen LogP contribution in [0.2, 0.25) is 0 Å². The van der Waals surface area contributed by atoms with Gasteiger partial charge in [-0.15, -0.1) is 0 Å². The number of nitrogens with zero attached hydrogens (tertiary/aromatic N) is 4. The van der Waals surface area contributed by atoms with Gasteiger partial charge in [-0.05, 0) is 19.1 Å². The number of rotatable bonds is 5. The molecule has 0 spiro atoms. The number of aromatic nitrogens is 3. The van der Waals surface area contributed by atoms with Gasteiger partial charge in [-0.25, -0.2) is 4.79 Å². The largest absolute Gasteiger partial charge is 0.343 e. The lowest BCUT2D eigenvalue weighted by molar-refractivity contribution is -0.122. The van der Waals surface area contributed by atoms with Crippen molar-refractivity contribution in [3.05, 3.63) is 30.4 Å². The molecule has 0 saturated carbocycles. The normalized spacial score (nSPS) is 15.3. The Labute approximate surface area is 136 Å². The molecule has 3 heterocycles. The number of hydrogen-bond acceptors (Lipinski definition) is 7. The molecule has 1 aliphatic rings. The van der Waals surface area contributed by atoms with Gasteiger partial charge in [0.05, 0.1) is 0 Å². The Morgan fingerprint density at radius 2 is 2.17 bits per heavy atom. The zero-order valence-corrected chi connectivity index (χ0v) is 12.7. The SMILES string of the molecule is CC(NC(=O)CN1CC(=O)NC1=O)c1nc(-c2ccncc2)no1. The predicted molar refractivity (Wildman–Crippen MR) is 79.2 cm³/mol. The molecule has 1 saturated heterocycles. The quantitative estimate of drug-likeness (QED) is 0.730. The molecule has 0 aliphatic carbocycles. The van der Waals surface area contributed by atoms with Gasteiger partial charge >= 0.3 is 6.03 Å². The average Bonchev–Trinajstić information content (AvgIpc) is 3.15. The summed E-state index contributed by atoms with van der Waals surface area (Å²) in [6.07, 6.45) is 3.22. The van der Waals surface area contributed by atoms with E-state index >= 15 is 0 Å². The van der Waals surface area contributed by atoms with Crippen LogP contribution < -0.4 is 10.6 Å². The number of hydrogen-bond donors (Lipinski definition) is 2. The Balaban J connectivity index is 1.60. The minimum Gasteiger partial charge on any atom is -0.343 e. The van der Waals surface area contributed by atoms with E-state index in [0.717, 1.165) is 10.5 Å². The fraction of sp³-hybridized carbons (Fsp3) is 0.286. The van der Waals surface area contributed by atoms with Gasteiger partial charge in [0.1, 0.15) is 19.1 Å². The van der Waals surface area contributed by atoms with Crippen LogP contribution in [0.1, 0.15) is 18.9 Å². The second kappa shape index (κ2) is 6.44. The molecular weight excluding hydrogens is 316 g/mol. The fourth-order valence-electron chi connectivity index (χ4n) is 2.16. The van der Waals surface area contributed by atoms with Crippen LogP contribution in [0, 0.1) is 0 Å². The van der Waals surface area contributed by atoms with Crippen LogP contribution in [0.15, 0.2) is 29.0 Å². The molecule has 1 unspecified atom stereocenters. The van der Waals surface area contributed by atoms with E-state index in [9.17, 15) is 14.4 Å². The maximum absolute atomic E-state index is 12.0. The molecule has 0 aromatic carbocycles. The maximum atomic E-state index is 12.0. The highest BCUT2D eigenvalue weighted by Crippen LogP contribution is 2.17. The van der Waals surface area contributed by atoms with Crippen molar-refractivity contribution in [2.24, 2.45) is 0 Å². The zero-order valence-electron chi connectivity index (χ0n) is 12.7. The number of pyridine rings is 1. The van der Waals surface area contributed by atoms with Crippen LogP contribution in [-0.2, 0) is 9.59 Å². The fourth-order valence-corrected chi connectivity index (χ4v) is 2.16. The van der Waals surface area contributed by atoms with E-state index in [1.807, 2.05) is 0 Å². The molecule has 4 amide bonds. The minimum absolute atomic E-state index is 0.132. The Kier molecular flexibility index (Phi) is 4.18. The number of nitrogens with one attached hydrogen (secondary N) is 2. The first-order chi connectivity index (χ1) is 11.5. The Bertz CT molecular complexity index is 775. The zero-order chi connectivity index (χ0) is 17.1. The third-order valence-corrected chi connectivity index (χ3v) is 3.33. The van der Waals surface area contributed by atoms with Crippen LogP contribution >= 0.6 is 0 Å². The van der Waals surface area contributed by atoms with Gasteiger partial charge in [-0.1, -0.05) is 5.16 Å². The van der Waals surface area contributed by atoms with Crippen molar-refractivity contribution in [3.63, 3.8) is 0 Å². The first-order valence-electron chi connectivity index (χ1n) is 7.15. The van der Waals surface area contributed by atoms with Crippen molar-refractivity contribution in [3.8, 4) is 11.4 Å². The molecule has 2 N–H and O–H groups in total. The maximum Gasteiger partial charge on any atom is 0.325 e. The number of imide groups is 1. The molecule has 10 nitrogen and oxygen atoms in total. The summed E-state index contributed by atoms with van der Waals surface area (Å²) in [5, 5.41) is 8.60. The van der Waals surface area contributed by atoms with Crippen LogP contribution in [0.4, 0.5) is 4.79 Å². The molecule has 0 bridgehead atoms. The molecule has 3 rings (SSSR count). The number of carbonyl (C=O) groups is 3. The smallest absolute Gasteiger partial charge is 0.325 e. The van der Waals surface area contributed by atoms with E-state index in [0.29, 0.717) is 5.82 Å². The van der Waals surface area contributed by atoms with E-state index in [2.05, 4.69) is 25.8 Å². The number of carbonyl (C=O) groups excluding carboxylic acids is 3. The summed E-state index contributed by atoms with van der Waals surface area (Å²) in [7, 11) is 0. The van der Waals surface area contributed by atoms with Crippen LogP contribution in [-0.4, -0.2) is 51.0 Å². The van der Waals surface area contributed by atoms with Crippen molar-refractivity contribution >= 4 is 17.8 Å². The lowest BCUT2D eigenvalue weighted by Crippen LogP contribution is -2.39. The van der Waals surface area contributed by atoms with E-state index in [1.54, 1.807) is 31.5 Å². The third kappa shape index (κ3) is 3.37. The molecule has 1 fully saturated rings. The van der Waals surface area contributed by atoms with Crippen molar-refractivity contribution in [2.75, 3.05) is 13.1 Å². The number of urea groups is 1. The molecule has 2 aromatic heterocycles. The van der Waals surface area contributed by atoms with Crippen LogP contribution in [0.3, 0.4) is 0 Å². The van der Waals surface area contributed by atoms with Crippen molar-refractivity contribution in [1.29, 1.82) is 0 Å². The van der Waals surface area contributed by atoms with Gasteiger partial charge in [0, 0.05) is 18.0 Å². The van der Waals surface area contributed by atoms with E-state index in [4.69, 9.17) is 4.52 Å². The molecular formula is C14H14N6O4. The second-order valence-corrected chi connectivity index (χ2v) is 5.19. The van der Waals surface area contributed by atoms with Gasteiger partial charge in [-0.3, -0.25) is 19.9 Å². The van der Waals surface area contributed by atoms with E-state index < -0.39 is 23.9 Å². The van der Waals surface area contributed by atoms with Gasteiger partial charge in [0.15, 0.2) is 0 Å². The minimum atomic E-state index is -0.583. The highest BCUT2D eigenvalue weighted by atomic mass is 16.5. The number of amides is 4. The summed E-state index contributed by atoms with van der Waals surface area (Å²) in [5.41, 5.74) is 0.741. The first-order valence-corrected chi connectivity index (χ1v) is 7.15. The van der Waals surface area contributed by atoms with Crippen molar-refractivity contribution < 1.29 is 18.9 Å². The van der Waals surface area contributed by atoms with E-state index in [1.165, 1.54) is 0 Å². The standard InChI is InChI=1S/C14H14N6O4/c1-8(16-10(21)6-20-7-11(22)17-14(20)23)13-18-12(19-24-13)9-2-4-15-5-3-9/h2-5,8H,6-7H2,1H3,(H,16,21)(H,17,22,23). The lowest BCUT2D eigenvalue weighted by atomic mass is 10.2. The van der Waals surface area contributed by atoms with Gasteiger partial charge < -0.3 is 14.7 Å². The Hall–Kier alpha value is -3.30. The summed E-state index contributed by atoms with van der Waals surface area (Å²) < 4.78 is 5.15. The second-order valence-electron chi connectivity index (χ2n) is 5.19. The molecule has 1 atom stereocenters. The first kappa shape index (κ1) is 15.6.